The van der Waals surface area contributed by atoms with E-state index in [4.69, 9.17) is 0 Å². The molecular formula is C16H15N5O2. The highest BCUT2D eigenvalue weighted by Crippen LogP contribution is 2.32. The standard InChI is InChI=1S/C16H15N5O2/c22-21(23)16-10-18-15-8-7-14(19-20(15)16)17-9-12-6-5-11-3-1-2-4-13(11)12/h1-4,7-8,10,12H,5-6,9H2,(H,17,19). The van der Waals surface area contributed by atoms with Crippen molar-refractivity contribution in [3.63, 3.8) is 0 Å². The number of hydrogen-bond acceptors (Lipinski definition) is 5. The van der Waals surface area contributed by atoms with Gasteiger partial charge < -0.3 is 15.4 Å². The zero-order chi connectivity index (χ0) is 15.8. The van der Waals surface area contributed by atoms with Crippen LogP contribution >= 0.6 is 0 Å². The van der Waals surface area contributed by atoms with Gasteiger partial charge in [0.25, 0.3) is 0 Å². The summed E-state index contributed by atoms with van der Waals surface area (Å²) in [4.78, 5) is 14.5. The summed E-state index contributed by atoms with van der Waals surface area (Å²) in [6.45, 7) is 0.762. The van der Waals surface area contributed by atoms with Crippen molar-refractivity contribution in [2.75, 3.05) is 11.9 Å². The highest BCUT2D eigenvalue weighted by molar-refractivity contribution is 5.48. The summed E-state index contributed by atoms with van der Waals surface area (Å²) < 4.78 is 1.25. The van der Waals surface area contributed by atoms with E-state index in [1.54, 1.807) is 12.1 Å². The van der Waals surface area contributed by atoms with Crippen LogP contribution < -0.4 is 5.32 Å². The summed E-state index contributed by atoms with van der Waals surface area (Å²) in [7, 11) is 0. The summed E-state index contributed by atoms with van der Waals surface area (Å²) >= 11 is 0. The zero-order valence-electron chi connectivity index (χ0n) is 12.3. The van der Waals surface area contributed by atoms with Gasteiger partial charge >= 0.3 is 5.82 Å². The van der Waals surface area contributed by atoms with Crippen LogP contribution in [0, 0.1) is 10.1 Å². The third-order valence-corrected chi connectivity index (χ3v) is 4.32. The van der Waals surface area contributed by atoms with Crippen molar-refractivity contribution in [3.8, 4) is 0 Å². The first-order valence-corrected chi connectivity index (χ1v) is 7.53. The molecule has 0 saturated heterocycles. The maximum Gasteiger partial charge on any atom is 0.368 e. The molecule has 0 bridgehead atoms. The number of nitrogens with one attached hydrogen (secondary N) is 1. The monoisotopic (exact) mass is 309 g/mol. The molecule has 1 aliphatic carbocycles. The van der Waals surface area contributed by atoms with Crippen molar-refractivity contribution in [3.05, 3.63) is 63.8 Å². The van der Waals surface area contributed by atoms with Crippen LogP contribution in [0.4, 0.5) is 11.6 Å². The Labute approximate surface area is 132 Å². The predicted octanol–water partition coefficient (Wildman–Crippen LogP) is 2.78. The molecule has 0 saturated carbocycles. The normalized spacial score (nSPS) is 16.4. The Bertz CT molecular complexity index is 889. The van der Waals surface area contributed by atoms with Gasteiger partial charge in [-0.15, -0.1) is 0 Å². The predicted molar refractivity (Wildman–Crippen MR) is 85.6 cm³/mol. The Hall–Kier alpha value is -2.96. The first kappa shape index (κ1) is 13.7. The summed E-state index contributed by atoms with van der Waals surface area (Å²) in [5, 5.41) is 18.5. The topological polar surface area (TPSA) is 85.4 Å². The Kier molecular flexibility index (Phi) is 3.18. The summed E-state index contributed by atoms with van der Waals surface area (Å²) in [6, 6.07) is 12.0. The largest absolute Gasteiger partial charge is 0.368 e. The lowest BCUT2D eigenvalue weighted by Crippen LogP contribution is -2.12. The fraction of sp³-hybridized carbons (Fsp3) is 0.250. The van der Waals surface area contributed by atoms with Gasteiger partial charge in [-0.3, -0.25) is 0 Å². The van der Waals surface area contributed by atoms with E-state index in [0.717, 1.165) is 19.4 Å². The van der Waals surface area contributed by atoms with Crippen LogP contribution in [0.1, 0.15) is 23.5 Å². The van der Waals surface area contributed by atoms with E-state index in [-0.39, 0.29) is 5.82 Å². The van der Waals surface area contributed by atoms with Gasteiger partial charge in [0, 0.05) is 18.5 Å². The van der Waals surface area contributed by atoms with Crippen LogP contribution in [-0.2, 0) is 6.42 Å². The van der Waals surface area contributed by atoms with Gasteiger partial charge in [0.1, 0.15) is 6.20 Å². The third-order valence-electron chi connectivity index (χ3n) is 4.32. The average molecular weight is 309 g/mol. The molecule has 0 spiro atoms. The van der Waals surface area contributed by atoms with E-state index >= 15 is 0 Å². The number of anilines is 1. The average Bonchev–Trinajstić information content (AvgIpc) is 3.16. The van der Waals surface area contributed by atoms with E-state index in [1.807, 2.05) is 0 Å². The summed E-state index contributed by atoms with van der Waals surface area (Å²) in [6.07, 6.45) is 3.43. The van der Waals surface area contributed by atoms with Gasteiger partial charge in [-0.05, 0) is 35.0 Å². The molecule has 0 aliphatic heterocycles. The van der Waals surface area contributed by atoms with Gasteiger partial charge in [0.15, 0.2) is 5.82 Å². The number of hydrogen-bond donors (Lipinski definition) is 1. The van der Waals surface area contributed by atoms with E-state index in [2.05, 4.69) is 39.7 Å². The second-order valence-corrected chi connectivity index (χ2v) is 5.68. The fourth-order valence-corrected chi connectivity index (χ4v) is 3.17. The van der Waals surface area contributed by atoms with E-state index < -0.39 is 4.92 Å². The first-order chi connectivity index (χ1) is 11.2. The molecule has 1 aliphatic rings. The third kappa shape index (κ3) is 2.40. The lowest BCUT2D eigenvalue weighted by atomic mass is 10.0. The fourth-order valence-electron chi connectivity index (χ4n) is 3.17. The molecular weight excluding hydrogens is 294 g/mol. The molecule has 1 unspecified atom stereocenters. The molecule has 0 fully saturated rings. The zero-order valence-corrected chi connectivity index (χ0v) is 12.3. The van der Waals surface area contributed by atoms with E-state index in [0.29, 0.717) is 17.4 Å². The number of fused-ring (bicyclic) bond motifs is 2. The van der Waals surface area contributed by atoms with Gasteiger partial charge in [0.2, 0.25) is 5.65 Å². The molecule has 1 aromatic carbocycles. The molecule has 7 nitrogen and oxygen atoms in total. The minimum atomic E-state index is -0.482. The first-order valence-electron chi connectivity index (χ1n) is 7.53. The highest BCUT2D eigenvalue weighted by atomic mass is 16.6. The van der Waals surface area contributed by atoms with Gasteiger partial charge in [-0.1, -0.05) is 33.9 Å². The van der Waals surface area contributed by atoms with Gasteiger partial charge in [-0.25, -0.2) is 4.98 Å². The highest BCUT2D eigenvalue weighted by Gasteiger charge is 2.22. The second kappa shape index (κ2) is 5.35. The van der Waals surface area contributed by atoms with Gasteiger partial charge in [0.05, 0.1) is 0 Å². The number of nitro groups is 1. The van der Waals surface area contributed by atoms with Crippen molar-refractivity contribution in [2.24, 2.45) is 0 Å². The minimum absolute atomic E-state index is 0.130. The SMILES string of the molecule is O=[N+]([O-])c1cnc2ccc(NCC3CCc4ccccc43)nn12. The van der Waals surface area contributed by atoms with E-state index in [1.165, 1.54) is 21.8 Å². The van der Waals surface area contributed by atoms with Crippen molar-refractivity contribution in [1.82, 2.24) is 14.6 Å². The van der Waals surface area contributed by atoms with Gasteiger partial charge in [-0.2, -0.15) is 0 Å². The number of benzene rings is 1. The molecule has 3 aromatic rings. The molecule has 0 amide bonds. The van der Waals surface area contributed by atoms with E-state index in [9.17, 15) is 10.1 Å². The van der Waals surface area contributed by atoms with Crippen molar-refractivity contribution >= 4 is 17.3 Å². The van der Waals surface area contributed by atoms with Crippen molar-refractivity contribution < 1.29 is 4.92 Å². The Morgan fingerprint density at radius 1 is 1.30 bits per heavy atom. The molecule has 1 atom stereocenters. The maximum atomic E-state index is 11.0. The number of nitrogens with zero attached hydrogens (tertiary/aromatic N) is 4. The van der Waals surface area contributed by atoms with Crippen molar-refractivity contribution in [1.29, 1.82) is 0 Å². The molecule has 23 heavy (non-hydrogen) atoms. The van der Waals surface area contributed by atoms with Crippen LogP contribution in [0.25, 0.3) is 5.65 Å². The van der Waals surface area contributed by atoms with Crippen molar-refractivity contribution in [2.45, 2.75) is 18.8 Å². The molecule has 2 aromatic heterocycles. The minimum Gasteiger partial charge on any atom is -0.366 e. The van der Waals surface area contributed by atoms with Crippen LogP contribution in [0.3, 0.4) is 0 Å². The summed E-state index contributed by atoms with van der Waals surface area (Å²) in [5.41, 5.74) is 3.26. The molecule has 116 valence electrons. The molecule has 0 radical (unpaired) electrons. The van der Waals surface area contributed by atoms with Crippen LogP contribution in [0.5, 0.6) is 0 Å². The smallest absolute Gasteiger partial charge is 0.366 e. The van der Waals surface area contributed by atoms with Crippen LogP contribution in [0.2, 0.25) is 0 Å². The number of imidazole rings is 1. The Balaban J connectivity index is 1.55. The van der Waals surface area contributed by atoms with Crippen LogP contribution in [-0.4, -0.2) is 26.1 Å². The lowest BCUT2D eigenvalue weighted by molar-refractivity contribution is -0.391. The summed E-state index contributed by atoms with van der Waals surface area (Å²) in [5.74, 6) is 0.930. The molecule has 7 heteroatoms. The molecule has 4 rings (SSSR count). The number of rotatable bonds is 4. The van der Waals surface area contributed by atoms with Crippen LogP contribution in [0.15, 0.2) is 42.6 Å². The number of aromatic nitrogens is 3. The quantitative estimate of drug-likeness (QED) is 0.591. The molecule has 1 N–H and O–H groups in total. The molecule has 2 heterocycles. The maximum absolute atomic E-state index is 11.0. The Morgan fingerprint density at radius 2 is 2.17 bits per heavy atom. The Morgan fingerprint density at radius 3 is 3.04 bits per heavy atom. The lowest BCUT2D eigenvalue weighted by Gasteiger charge is -2.12. The second-order valence-electron chi connectivity index (χ2n) is 5.68. The number of aryl methyl sites for hydroxylation is 1.